The SMILES string of the molecule is CC1(C)C2=C(C=CCC2)N(CCCCS(=O)(=O)[O-])/C1=C\C=C1\CCCC(/C=C/C2=[N+](CCCCS(=O)(=O)[O-])c3ccccc3C2(C)C)=C1Cl.[Na+]. The summed E-state index contributed by atoms with van der Waals surface area (Å²) >= 11 is 7.14. The first-order valence-electron chi connectivity index (χ1n) is 17.3. The number of halogens is 1. The zero-order valence-electron chi connectivity index (χ0n) is 30.0. The van der Waals surface area contributed by atoms with Crippen LogP contribution in [0.3, 0.4) is 0 Å². The predicted octanol–water partition coefficient (Wildman–Crippen LogP) is 4.71. The molecule has 1 aromatic carbocycles. The molecule has 0 unspecified atom stereocenters. The van der Waals surface area contributed by atoms with Crippen molar-refractivity contribution in [2.24, 2.45) is 5.41 Å². The van der Waals surface area contributed by atoms with E-state index in [9.17, 15) is 25.9 Å². The second-order valence-corrected chi connectivity index (χ2v) is 17.9. The topological polar surface area (TPSA) is 121 Å². The van der Waals surface area contributed by atoms with E-state index in [4.69, 9.17) is 11.6 Å². The van der Waals surface area contributed by atoms with Crippen LogP contribution in [0.25, 0.3) is 0 Å². The number of hydrogen-bond acceptors (Lipinski definition) is 7. The van der Waals surface area contributed by atoms with Gasteiger partial charge < -0.3 is 14.0 Å². The maximum absolute atomic E-state index is 11.2. The summed E-state index contributed by atoms with van der Waals surface area (Å²) in [5.41, 5.74) is 8.76. The van der Waals surface area contributed by atoms with Crippen LogP contribution >= 0.6 is 11.6 Å². The Hall–Kier alpha value is -1.76. The van der Waals surface area contributed by atoms with Crippen molar-refractivity contribution >= 4 is 43.2 Å². The molecule has 5 rings (SSSR count). The van der Waals surface area contributed by atoms with Gasteiger partial charge in [-0.25, -0.2) is 16.8 Å². The Bertz CT molecular complexity index is 1920. The predicted molar refractivity (Wildman–Crippen MR) is 195 cm³/mol. The van der Waals surface area contributed by atoms with Gasteiger partial charge in [0, 0.05) is 64.0 Å². The van der Waals surface area contributed by atoms with E-state index >= 15 is 0 Å². The average molecular weight is 751 g/mol. The number of fused-ring (bicyclic) bond motifs is 1. The monoisotopic (exact) mass is 750 g/mol. The summed E-state index contributed by atoms with van der Waals surface area (Å²) in [5, 5.41) is 0.751. The van der Waals surface area contributed by atoms with Crippen LogP contribution in [0, 0.1) is 5.41 Å². The van der Waals surface area contributed by atoms with E-state index in [0.29, 0.717) is 38.8 Å². The van der Waals surface area contributed by atoms with Gasteiger partial charge in [-0.05, 0) is 94.1 Å². The molecule has 0 atom stereocenters. The number of allylic oxidation sites excluding steroid dienone is 10. The molecule has 0 amide bonds. The number of benzene rings is 1. The van der Waals surface area contributed by atoms with Crippen LogP contribution in [-0.2, 0) is 25.7 Å². The van der Waals surface area contributed by atoms with E-state index in [2.05, 4.69) is 85.8 Å². The summed E-state index contributed by atoms with van der Waals surface area (Å²) in [6, 6.07) is 8.27. The van der Waals surface area contributed by atoms with Gasteiger partial charge in [-0.3, -0.25) is 0 Å². The fraction of sp³-hybridized carbons (Fsp3) is 0.500. The molecular formula is C38H48ClN2NaO6S2. The molecule has 0 spiro atoms. The van der Waals surface area contributed by atoms with Crippen LogP contribution in [-0.4, -0.2) is 65.7 Å². The minimum Gasteiger partial charge on any atom is -0.748 e. The van der Waals surface area contributed by atoms with Crippen LogP contribution in [0.4, 0.5) is 5.69 Å². The van der Waals surface area contributed by atoms with Gasteiger partial charge in [0.2, 0.25) is 5.69 Å². The number of hydrogen-bond donors (Lipinski definition) is 0. The molecule has 2 aliphatic heterocycles. The summed E-state index contributed by atoms with van der Waals surface area (Å²) in [4.78, 5) is 2.29. The largest absolute Gasteiger partial charge is 1.00 e. The standard InChI is InChI=1S/C38H49ClN2O6S2.Na/c1-37(2)30-16-5-7-18-32(30)40(24-9-11-26-48(42,43)44)34(37)22-20-28-14-13-15-29(36(28)39)21-23-35-38(3,4)31-17-6-8-19-33(31)41(35)25-10-12-27-49(45,46)47;/h5,7-8,16,18-23H,6,9-15,17,24-27H2,1-4H3,(H-,42,43,44,45,46,47);/q;+1/p-1. The Morgan fingerprint density at radius 2 is 1.56 bits per heavy atom. The van der Waals surface area contributed by atoms with Crippen molar-refractivity contribution < 1.29 is 60.1 Å². The number of nitrogens with zero attached hydrogens (tertiary/aromatic N) is 2. The molecule has 0 saturated heterocycles. The molecule has 0 aromatic heterocycles. The first-order valence-corrected chi connectivity index (χ1v) is 20.8. The molecule has 4 aliphatic rings. The Morgan fingerprint density at radius 1 is 0.880 bits per heavy atom. The molecule has 0 bridgehead atoms. The van der Waals surface area contributed by atoms with Crippen molar-refractivity contribution in [2.75, 3.05) is 24.6 Å². The summed E-state index contributed by atoms with van der Waals surface area (Å²) in [5.74, 6) is -0.710. The van der Waals surface area contributed by atoms with Crippen molar-refractivity contribution in [3.63, 3.8) is 0 Å². The van der Waals surface area contributed by atoms with E-state index in [1.165, 1.54) is 16.8 Å². The summed E-state index contributed by atoms with van der Waals surface area (Å²) in [7, 11) is -8.49. The maximum Gasteiger partial charge on any atom is 1.00 e. The van der Waals surface area contributed by atoms with E-state index in [-0.39, 0.29) is 51.9 Å². The van der Waals surface area contributed by atoms with Gasteiger partial charge in [0.05, 0.1) is 25.7 Å². The van der Waals surface area contributed by atoms with Crippen molar-refractivity contribution in [1.82, 2.24) is 4.90 Å². The molecular weight excluding hydrogens is 703 g/mol. The molecule has 8 nitrogen and oxygen atoms in total. The van der Waals surface area contributed by atoms with Crippen LogP contribution in [0.1, 0.15) is 91.0 Å². The second-order valence-electron chi connectivity index (χ2n) is 14.5. The summed E-state index contributed by atoms with van der Waals surface area (Å²) in [6.45, 7) is 10.1. The minimum atomic E-state index is -4.25. The molecule has 0 saturated carbocycles. The van der Waals surface area contributed by atoms with Crippen molar-refractivity contribution in [1.29, 1.82) is 0 Å². The molecule has 12 heteroatoms. The van der Waals surface area contributed by atoms with E-state index in [0.717, 1.165) is 65.4 Å². The molecule has 266 valence electrons. The van der Waals surface area contributed by atoms with Crippen LogP contribution < -0.4 is 29.6 Å². The zero-order chi connectivity index (χ0) is 35.6. The van der Waals surface area contributed by atoms with Crippen LogP contribution in [0.5, 0.6) is 0 Å². The van der Waals surface area contributed by atoms with Gasteiger partial charge >= 0.3 is 29.6 Å². The molecule has 0 radical (unpaired) electrons. The third-order valence-corrected chi connectivity index (χ3v) is 12.4. The van der Waals surface area contributed by atoms with Gasteiger partial charge in [0.1, 0.15) is 6.54 Å². The fourth-order valence-electron chi connectivity index (χ4n) is 7.74. The van der Waals surface area contributed by atoms with Crippen molar-refractivity contribution in [2.45, 2.75) is 90.9 Å². The van der Waals surface area contributed by atoms with Gasteiger partial charge in [-0.15, -0.1) is 0 Å². The first kappa shape index (κ1) is 41.0. The fourth-order valence-corrected chi connectivity index (χ4v) is 9.17. The molecule has 0 fully saturated rings. The number of unbranched alkanes of at least 4 members (excludes halogenated alkanes) is 2. The molecule has 1 aromatic rings. The Morgan fingerprint density at radius 3 is 2.26 bits per heavy atom. The third kappa shape index (κ3) is 9.42. The number of para-hydroxylation sites is 1. The van der Waals surface area contributed by atoms with E-state index in [1.807, 2.05) is 12.1 Å². The van der Waals surface area contributed by atoms with Crippen LogP contribution in [0.2, 0.25) is 0 Å². The number of rotatable bonds is 13. The summed E-state index contributed by atoms with van der Waals surface area (Å²) in [6.07, 6.45) is 19.4. The quantitative estimate of drug-likeness (QED) is 0.124. The Kier molecular flexibility index (Phi) is 13.5. The Balaban J connectivity index is 0.00000562. The zero-order valence-corrected chi connectivity index (χ0v) is 34.4. The van der Waals surface area contributed by atoms with Gasteiger partial charge in [0.25, 0.3) is 0 Å². The normalized spacial score (nSPS) is 21.9. The smallest absolute Gasteiger partial charge is 0.748 e. The molecule has 0 N–H and O–H groups in total. The average Bonchev–Trinajstić information content (AvgIpc) is 3.37. The van der Waals surface area contributed by atoms with Crippen molar-refractivity contribution in [3.05, 3.63) is 99.4 Å². The molecule has 2 aliphatic carbocycles. The molecule has 2 heterocycles. The summed E-state index contributed by atoms with van der Waals surface area (Å²) < 4.78 is 69.4. The van der Waals surface area contributed by atoms with Gasteiger partial charge in [0.15, 0.2) is 5.71 Å². The minimum absolute atomic E-state index is 0. The van der Waals surface area contributed by atoms with E-state index in [1.54, 1.807) is 0 Å². The van der Waals surface area contributed by atoms with Crippen LogP contribution in [0.15, 0.2) is 93.9 Å². The second kappa shape index (κ2) is 16.5. The maximum atomic E-state index is 11.2. The Labute approximate surface area is 326 Å². The van der Waals surface area contributed by atoms with E-state index < -0.39 is 20.2 Å². The third-order valence-electron chi connectivity index (χ3n) is 10.3. The molecule has 50 heavy (non-hydrogen) atoms. The van der Waals surface area contributed by atoms with Gasteiger partial charge in [-0.2, -0.15) is 4.58 Å². The van der Waals surface area contributed by atoms with Crippen molar-refractivity contribution in [3.8, 4) is 0 Å². The van der Waals surface area contributed by atoms with Gasteiger partial charge in [-0.1, -0.05) is 61.9 Å². The first-order chi connectivity index (χ1) is 23.0.